The summed E-state index contributed by atoms with van der Waals surface area (Å²) in [6.07, 6.45) is 3.81. The van der Waals surface area contributed by atoms with Crippen LogP contribution in [0.2, 0.25) is 0 Å². The molecule has 0 aliphatic carbocycles. The molecule has 0 spiro atoms. The summed E-state index contributed by atoms with van der Waals surface area (Å²) in [7, 11) is -3.57. The Morgan fingerprint density at radius 2 is 1.52 bits per heavy atom. The van der Waals surface area contributed by atoms with Gasteiger partial charge in [-0.05, 0) is 61.9 Å². The Kier molecular flexibility index (Phi) is 12.2. The van der Waals surface area contributed by atoms with Crippen molar-refractivity contribution in [2.45, 2.75) is 72.4 Å². The maximum absolute atomic E-state index is 13.9. The summed E-state index contributed by atoms with van der Waals surface area (Å²) >= 11 is 0. The topological polar surface area (TPSA) is 86.8 Å². The van der Waals surface area contributed by atoms with Crippen LogP contribution in [-0.2, 0) is 32.6 Å². The van der Waals surface area contributed by atoms with E-state index in [4.69, 9.17) is 0 Å². The molecular weight excluding hydrogens is 546 g/mol. The number of nitrogens with zero attached hydrogens (tertiary/aromatic N) is 2. The fraction of sp³-hybridized carbons (Fsp3) is 0.412. The molecule has 0 saturated heterocycles. The molecule has 0 saturated carbocycles. The van der Waals surface area contributed by atoms with Crippen LogP contribution in [0.4, 0.5) is 5.69 Å². The van der Waals surface area contributed by atoms with Crippen molar-refractivity contribution in [3.63, 3.8) is 0 Å². The van der Waals surface area contributed by atoms with E-state index in [2.05, 4.69) is 12.2 Å². The second kappa shape index (κ2) is 15.5. The number of sulfonamides is 1. The van der Waals surface area contributed by atoms with Crippen LogP contribution < -0.4 is 9.62 Å². The third-order valence-corrected chi connectivity index (χ3v) is 8.54. The number of aryl methyl sites for hydroxylation is 3. The summed E-state index contributed by atoms with van der Waals surface area (Å²) in [5, 5.41) is 3.04. The lowest BCUT2D eigenvalue weighted by atomic mass is 10.0. The fourth-order valence-electron chi connectivity index (χ4n) is 4.92. The highest BCUT2D eigenvalue weighted by molar-refractivity contribution is 7.92. The number of hydrogen-bond donors (Lipinski definition) is 1. The van der Waals surface area contributed by atoms with Crippen molar-refractivity contribution < 1.29 is 18.0 Å². The number of hydrogen-bond acceptors (Lipinski definition) is 4. The minimum absolute atomic E-state index is 0.107. The molecule has 42 heavy (non-hydrogen) atoms. The van der Waals surface area contributed by atoms with Gasteiger partial charge in [-0.25, -0.2) is 8.42 Å². The maximum Gasteiger partial charge on any atom is 0.243 e. The van der Waals surface area contributed by atoms with Gasteiger partial charge in [-0.15, -0.1) is 0 Å². The fourth-order valence-corrected chi connectivity index (χ4v) is 5.94. The van der Waals surface area contributed by atoms with E-state index in [9.17, 15) is 18.0 Å². The van der Waals surface area contributed by atoms with Gasteiger partial charge in [-0.3, -0.25) is 13.9 Å². The number of carbonyl (C=O) groups is 2. The number of unbranched alkanes of at least 4 members (excludes halogenated alkanes) is 1. The van der Waals surface area contributed by atoms with E-state index >= 15 is 0 Å². The minimum atomic E-state index is -3.57. The van der Waals surface area contributed by atoms with E-state index in [0.29, 0.717) is 25.1 Å². The van der Waals surface area contributed by atoms with Crippen LogP contribution in [0, 0.1) is 20.8 Å². The first kappa shape index (κ1) is 32.9. The number of benzene rings is 3. The zero-order valence-electron chi connectivity index (χ0n) is 25.6. The van der Waals surface area contributed by atoms with Gasteiger partial charge in [0.25, 0.3) is 0 Å². The van der Waals surface area contributed by atoms with Crippen molar-refractivity contribution in [1.29, 1.82) is 0 Å². The zero-order valence-corrected chi connectivity index (χ0v) is 26.4. The predicted octanol–water partition coefficient (Wildman–Crippen LogP) is 5.71. The first-order chi connectivity index (χ1) is 20.0. The molecule has 8 heteroatoms. The third-order valence-electron chi connectivity index (χ3n) is 7.36. The van der Waals surface area contributed by atoms with E-state index < -0.39 is 16.1 Å². The van der Waals surface area contributed by atoms with Crippen molar-refractivity contribution in [3.05, 3.63) is 101 Å². The first-order valence-electron chi connectivity index (χ1n) is 14.7. The van der Waals surface area contributed by atoms with Crippen LogP contribution in [0.1, 0.15) is 60.4 Å². The van der Waals surface area contributed by atoms with E-state index in [1.807, 2.05) is 93.6 Å². The van der Waals surface area contributed by atoms with Crippen molar-refractivity contribution in [3.8, 4) is 0 Å². The molecule has 1 N–H and O–H groups in total. The van der Waals surface area contributed by atoms with Crippen LogP contribution in [-0.4, -0.2) is 50.5 Å². The van der Waals surface area contributed by atoms with E-state index in [1.54, 1.807) is 4.90 Å². The van der Waals surface area contributed by atoms with Gasteiger partial charge in [-0.2, -0.15) is 0 Å². The van der Waals surface area contributed by atoms with Crippen LogP contribution >= 0.6 is 0 Å². The predicted molar refractivity (Wildman–Crippen MR) is 171 cm³/mol. The molecule has 0 aliphatic heterocycles. The summed E-state index contributed by atoms with van der Waals surface area (Å²) in [4.78, 5) is 29.2. The Bertz CT molecular complexity index is 1420. The van der Waals surface area contributed by atoms with Crippen molar-refractivity contribution >= 4 is 27.5 Å². The minimum Gasteiger partial charge on any atom is -0.354 e. The molecule has 0 bridgehead atoms. The van der Waals surface area contributed by atoms with Gasteiger partial charge in [0, 0.05) is 32.5 Å². The lowest BCUT2D eigenvalue weighted by Crippen LogP contribution is -2.50. The van der Waals surface area contributed by atoms with E-state index in [-0.39, 0.29) is 31.3 Å². The number of nitrogens with one attached hydrogen (secondary N) is 1. The lowest BCUT2D eigenvalue weighted by Gasteiger charge is -2.32. The van der Waals surface area contributed by atoms with Gasteiger partial charge < -0.3 is 10.2 Å². The van der Waals surface area contributed by atoms with Gasteiger partial charge in [-0.1, -0.05) is 85.6 Å². The van der Waals surface area contributed by atoms with Gasteiger partial charge in [0.1, 0.15) is 6.04 Å². The number of carbonyl (C=O) groups excluding carboxylic acids is 2. The second-order valence-electron chi connectivity index (χ2n) is 11.1. The molecule has 2 amide bonds. The lowest BCUT2D eigenvalue weighted by molar-refractivity contribution is -0.141. The molecule has 3 rings (SSSR count). The van der Waals surface area contributed by atoms with Gasteiger partial charge >= 0.3 is 0 Å². The smallest absolute Gasteiger partial charge is 0.243 e. The monoisotopic (exact) mass is 591 g/mol. The van der Waals surface area contributed by atoms with Gasteiger partial charge in [0.2, 0.25) is 21.8 Å². The third kappa shape index (κ3) is 9.72. The van der Waals surface area contributed by atoms with Gasteiger partial charge in [0.15, 0.2) is 0 Å². The average molecular weight is 592 g/mol. The van der Waals surface area contributed by atoms with Gasteiger partial charge in [0.05, 0.1) is 11.9 Å². The highest BCUT2D eigenvalue weighted by Gasteiger charge is 2.30. The molecule has 0 heterocycles. The van der Waals surface area contributed by atoms with Crippen LogP contribution in [0.25, 0.3) is 0 Å². The summed E-state index contributed by atoms with van der Waals surface area (Å²) in [6.45, 7) is 8.88. The average Bonchev–Trinajstić information content (AvgIpc) is 2.95. The Morgan fingerprint density at radius 1 is 0.857 bits per heavy atom. The quantitative estimate of drug-likeness (QED) is 0.229. The molecule has 7 nitrogen and oxygen atoms in total. The van der Waals surface area contributed by atoms with Crippen molar-refractivity contribution in [2.75, 3.05) is 23.7 Å². The second-order valence-corrected chi connectivity index (χ2v) is 13.0. The van der Waals surface area contributed by atoms with E-state index in [0.717, 1.165) is 40.7 Å². The zero-order chi connectivity index (χ0) is 30.7. The molecule has 0 radical (unpaired) electrons. The molecule has 3 aromatic carbocycles. The molecule has 0 aliphatic rings. The molecule has 0 aromatic heterocycles. The molecular formula is C34H45N3O4S. The van der Waals surface area contributed by atoms with Crippen LogP contribution in [0.3, 0.4) is 0 Å². The highest BCUT2D eigenvalue weighted by Crippen LogP contribution is 2.25. The summed E-state index contributed by atoms with van der Waals surface area (Å²) < 4.78 is 26.9. The summed E-state index contributed by atoms with van der Waals surface area (Å²) in [6, 6.07) is 22.7. The van der Waals surface area contributed by atoms with Crippen molar-refractivity contribution in [1.82, 2.24) is 10.2 Å². The number of amides is 2. The Labute approximate surface area is 252 Å². The summed E-state index contributed by atoms with van der Waals surface area (Å²) in [5.41, 5.74) is 5.45. The first-order valence-corrected chi connectivity index (χ1v) is 16.6. The highest BCUT2D eigenvalue weighted by atomic mass is 32.2. The number of rotatable bonds is 15. The molecule has 1 atom stereocenters. The SMILES string of the molecule is CCCCNC(=O)[C@@H](Cc1ccccc1)N(Cc1ccc(C)cc1)C(=O)CCCN(c1cc(C)ccc1C)S(C)(=O)=O. The normalized spacial score (nSPS) is 12.0. The molecule has 0 fully saturated rings. The Balaban J connectivity index is 1.88. The number of anilines is 1. The molecule has 0 unspecified atom stereocenters. The Hall–Kier alpha value is -3.65. The Morgan fingerprint density at radius 3 is 2.17 bits per heavy atom. The van der Waals surface area contributed by atoms with Crippen LogP contribution in [0.15, 0.2) is 72.8 Å². The van der Waals surface area contributed by atoms with E-state index in [1.165, 1.54) is 10.6 Å². The standard InChI is InChI=1S/C34H45N3O4S/c1-6-7-21-35-34(39)32(24-29-12-9-8-10-13-29)36(25-30-19-16-26(2)17-20-30)33(38)14-11-22-37(42(5,40)41)31-23-27(3)15-18-28(31)4/h8-10,12-13,15-20,23,32H,6-7,11,14,21-22,24-25H2,1-5H3,(H,35,39)/t32-/m1/s1. The summed E-state index contributed by atoms with van der Waals surface area (Å²) in [5.74, 6) is -0.363. The molecule has 226 valence electrons. The molecule has 3 aromatic rings. The largest absolute Gasteiger partial charge is 0.354 e. The van der Waals surface area contributed by atoms with Crippen molar-refractivity contribution in [2.24, 2.45) is 0 Å². The maximum atomic E-state index is 13.9. The van der Waals surface area contributed by atoms with Crippen LogP contribution in [0.5, 0.6) is 0 Å².